The van der Waals surface area contributed by atoms with Crippen molar-refractivity contribution in [1.29, 1.82) is 0 Å². The van der Waals surface area contributed by atoms with Gasteiger partial charge in [-0.3, -0.25) is 4.79 Å². The monoisotopic (exact) mass is 302 g/mol. The first-order chi connectivity index (χ1) is 10.2. The van der Waals surface area contributed by atoms with Crippen LogP contribution in [0.15, 0.2) is 29.1 Å². The minimum atomic E-state index is -0.162. The number of amides is 1. The maximum atomic E-state index is 11.9. The molecule has 0 atom stereocenters. The van der Waals surface area contributed by atoms with Crippen molar-refractivity contribution in [1.82, 2.24) is 15.3 Å². The summed E-state index contributed by atoms with van der Waals surface area (Å²) in [4.78, 5) is 23.5. The van der Waals surface area contributed by atoms with Gasteiger partial charge in [-0.1, -0.05) is 24.9 Å². The third kappa shape index (κ3) is 2.83. The van der Waals surface area contributed by atoms with E-state index >= 15 is 0 Å². The number of aromatic nitrogens is 2. The van der Waals surface area contributed by atoms with Gasteiger partial charge in [0.2, 0.25) is 0 Å². The number of unbranched alkanes of at least 4 members (excludes halogenated alkanes) is 1. The van der Waals surface area contributed by atoms with Crippen LogP contribution in [-0.2, 0) is 4.79 Å². The van der Waals surface area contributed by atoms with Crippen molar-refractivity contribution in [3.05, 3.63) is 34.7 Å². The molecule has 0 aliphatic carbocycles. The highest BCUT2D eigenvalue weighted by molar-refractivity contribution is 6.31. The zero-order chi connectivity index (χ0) is 14.8. The summed E-state index contributed by atoms with van der Waals surface area (Å²) in [5.74, 6) is 0.578. The maximum Gasteiger partial charge on any atom is 0.275 e. The molecular weight excluding hydrogens is 288 g/mol. The van der Waals surface area contributed by atoms with E-state index in [0.29, 0.717) is 10.7 Å². The fraction of sp³-hybridized carbons (Fsp3) is 0.267. The Hall–Kier alpha value is -2.14. The maximum absolute atomic E-state index is 11.9. The predicted molar refractivity (Wildman–Crippen MR) is 84.2 cm³/mol. The van der Waals surface area contributed by atoms with E-state index in [4.69, 9.17) is 11.6 Å². The van der Waals surface area contributed by atoms with E-state index in [1.807, 2.05) is 6.07 Å². The van der Waals surface area contributed by atoms with Crippen LogP contribution >= 0.6 is 11.6 Å². The fourth-order valence-electron chi connectivity index (χ4n) is 2.24. The highest BCUT2D eigenvalue weighted by atomic mass is 35.5. The molecule has 1 amide bonds. The van der Waals surface area contributed by atoms with E-state index in [9.17, 15) is 4.79 Å². The largest absolute Gasteiger partial charge is 0.346 e. The lowest BCUT2D eigenvalue weighted by atomic mass is 10.2. The fourth-order valence-corrected chi connectivity index (χ4v) is 2.40. The molecule has 3 heterocycles. The number of aliphatic imine (C=N–C) groups is 1. The topological polar surface area (TPSA) is 70.1 Å². The Kier molecular flexibility index (Phi) is 3.75. The standard InChI is InChI=1S/C15H15ClN4O/c1-2-3-4-13-19-12(15(21)20-13)5-9-7-17-14-11(9)6-10(16)8-18-14/h5-8H,2-4H2,1H3,(H,17,18)(H,19,20,21). The quantitative estimate of drug-likeness (QED) is 0.851. The van der Waals surface area contributed by atoms with Gasteiger partial charge >= 0.3 is 0 Å². The summed E-state index contributed by atoms with van der Waals surface area (Å²) in [6, 6.07) is 1.82. The first kappa shape index (κ1) is 13.8. The number of amidine groups is 1. The molecule has 0 unspecified atom stereocenters. The molecule has 108 valence electrons. The van der Waals surface area contributed by atoms with Crippen molar-refractivity contribution in [2.45, 2.75) is 26.2 Å². The summed E-state index contributed by atoms with van der Waals surface area (Å²) in [5.41, 5.74) is 2.01. The number of H-pyrrole nitrogens is 1. The number of pyridine rings is 1. The summed E-state index contributed by atoms with van der Waals surface area (Å²) in [5, 5.41) is 4.24. The lowest BCUT2D eigenvalue weighted by Gasteiger charge is -1.96. The number of hydrogen-bond donors (Lipinski definition) is 2. The lowest BCUT2D eigenvalue weighted by molar-refractivity contribution is -0.115. The van der Waals surface area contributed by atoms with Gasteiger partial charge in [-0.15, -0.1) is 0 Å². The summed E-state index contributed by atoms with van der Waals surface area (Å²) >= 11 is 5.97. The molecule has 6 heteroatoms. The van der Waals surface area contributed by atoms with Gasteiger partial charge in [0.15, 0.2) is 0 Å². The molecule has 3 rings (SSSR count). The molecule has 2 aromatic heterocycles. The SMILES string of the molecule is CCCCC1=NC(=Cc2c[nH]c3ncc(Cl)cc23)C(=O)N1. The number of aromatic amines is 1. The number of carbonyl (C=O) groups is 1. The van der Waals surface area contributed by atoms with Crippen LogP contribution < -0.4 is 5.32 Å². The Bertz CT molecular complexity index is 760. The Morgan fingerprint density at radius 3 is 3.10 bits per heavy atom. The second kappa shape index (κ2) is 5.69. The molecule has 5 nitrogen and oxygen atoms in total. The normalized spacial score (nSPS) is 16.6. The van der Waals surface area contributed by atoms with Gasteiger partial charge in [-0.25, -0.2) is 9.98 Å². The second-order valence-electron chi connectivity index (χ2n) is 4.94. The Morgan fingerprint density at radius 1 is 1.43 bits per heavy atom. The summed E-state index contributed by atoms with van der Waals surface area (Å²) in [7, 11) is 0. The summed E-state index contributed by atoms with van der Waals surface area (Å²) < 4.78 is 0. The zero-order valence-corrected chi connectivity index (χ0v) is 12.4. The van der Waals surface area contributed by atoms with Gasteiger partial charge in [0.1, 0.15) is 17.2 Å². The molecule has 0 fully saturated rings. The van der Waals surface area contributed by atoms with E-state index in [0.717, 1.165) is 41.7 Å². The molecule has 0 saturated heterocycles. The molecule has 1 aliphatic heterocycles. The van der Waals surface area contributed by atoms with E-state index < -0.39 is 0 Å². The molecule has 21 heavy (non-hydrogen) atoms. The zero-order valence-electron chi connectivity index (χ0n) is 11.6. The van der Waals surface area contributed by atoms with Crippen LogP contribution in [0.25, 0.3) is 17.1 Å². The Balaban J connectivity index is 1.94. The third-order valence-corrected chi connectivity index (χ3v) is 3.54. The average molecular weight is 303 g/mol. The number of halogens is 1. The summed E-state index contributed by atoms with van der Waals surface area (Å²) in [6.07, 6.45) is 8.01. The lowest BCUT2D eigenvalue weighted by Crippen LogP contribution is -2.23. The van der Waals surface area contributed by atoms with Gasteiger partial charge < -0.3 is 10.3 Å². The van der Waals surface area contributed by atoms with Crippen molar-refractivity contribution in [2.24, 2.45) is 4.99 Å². The van der Waals surface area contributed by atoms with Crippen LogP contribution in [0.1, 0.15) is 31.7 Å². The summed E-state index contributed by atoms with van der Waals surface area (Å²) in [6.45, 7) is 2.11. The van der Waals surface area contributed by atoms with Crippen LogP contribution in [0.4, 0.5) is 0 Å². The molecule has 0 aromatic carbocycles. The molecule has 0 spiro atoms. The first-order valence-corrected chi connectivity index (χ1v) is 7.28. The van der Waals surface area contributed by atoms with E-state index in [2.05, 4.69) is 27.2 Å². The van der Waals surface area contributed by atoms with Gasteiger partial charge in [0, 0.05) is 29.8 Å². The minimum absolute atomic E-state index is 0.162. The molecule has 2 aromatic rings. The number of hydrogen-bond acceptors (Lipinski definition) is 3. The van der Waals surface area contributed by atoms with Crippen LogP contribution in [0, 0.1) is 0 Å². The van der Waals surface area contributed by atoms with Gasteiger partial charge in [-0.05, 0) is 18.6 Å². The number of rotatable bonds is 4. The Morgan fingerprint density at radius 2 is 2.29 bits per heavy atom. The number of fused-ring (bicyclic) bond motifs is 1. The molecule has 0 saturated carbocycles. The van der Waals surface area contributed by atoms with Gasteiger partial charge in [0.05, 0.1) is 5.02 Å². The van der Waals surface area contributed by atoms with E-state index in [-0.39, 0.29) is 5.91 Å². The number of nitrogens with one attached hydrogen (secondary N) is 2. The minimum Gasteiger partial charge on any atom is -0.346 e. The molecule has 0 bridgehead atoms. The third-order valence-electron chi connectivity index (χ3n) is 3.33. The highest BCUT2D eigenvalue weighted by Gasteiger charge is 2.19. The van der Waals surface area contributed by atoms with Crippen LogP contribution in [-0.4, -0.2) is 21.7 Å². The van der Waals surface area contributed by atoms with Crippen molar-refractivity contribution in [2.75, 3.05) is 0 Å². The molecule has 0 radical (unpaired) electrons. The van der Waals surface area contributed by atoms with Crippen LogP contribution in [0.2, 0.25) is 5.02 Å². The predicted octanol–water partition coefficient (Wildman–Crippen LogP) is 3.28. The van der Waals surface area contributed by atoms with Crippen molar-refractivity contribution < 1.29 is 4.79 Å². The van der Waals surface area contributed by atoms with Crippen LogP contribution in [0.5, 0.6) is 0 Å². The van der Waals surface area contributed by atoms with Crippen molar-refractivity contribution >= 4 is 40.5 Å². The highest BCUT2D eigenvalue weighted by Crippen LogP contribution is 2.23. The smallest absolute Gasteiger partial charge is 0.275 e. The average Bonchev–Trinajstić information content (AvgIpc) is 3.01. The first-order valence-electron chi connectivity index (χ1n) is 6.90. The second-order valence-corrected chi connectivity index (χ2v) is 5.38. The van der Waals surface area contributed by atoms with Gasteiger partial charge in [-0.2, -0.15) is 0 Å². The van der Waals surface area contributed by atoms with E-state index in [1.165, 1.54) is 0 Å². The molecular formula is C15H15ClN4O. The van der Waals surface area contributed by atoms with Crippen molar-refractivity contribution in [3.63, 3.8) is 0 Å². The number of carbonyl (C=O) groups excluding carboxylic acids is 1. The number of nitrogens with zero attached hydrogens (tertiary/aromatic N) is 2. The molecule has 1 aliphatic rings. The van der Waals surface area contributed by atoms with Crippen molar-refractivity contribution in [3.8, 4) is 0 Å². The molecule has 2 N–H and O–H groups in total. The van der Waals surface area contributed by atoms with Crippen LogP contribution in [0.3, 0.4) is 0 Å². The van der Waals surface area contributed by atoms with E-state index in [1.54, 1.807) is 18.5 Å². The Labute approximate surface area is 127 Å². The van der Waals surface area contributed by atoms with Gasteiger partial charge in [0.25, 0.3) is 5.91 Å².